The molecule has 38 heavy (non-hydrogen) atoms. The fraction of sp³-hybridized carbons (Fsp3) is 0.286. The number of likely N-dealkylation sites (N-methyl/N-ethyl adjacent to an activating group) is 1. The molecule has 1 aliphatic heterocycles. The number of hydrazine groups is 1. The Morgan fingerprint density at radius 2 is 2.03 bits per heavy atom. The normalized spacial score (nSPS) is 18.9. The number of nitrogens with zero attached hydrogens (tertiary/aromatic N) is 2. The van der Waals surface area contributed by atoms with Gasteiger partial charge in [-0.25, -0.2) is 4.98 Å². The molecular weight excluding hydrogens is 520 g/mol. The van der Waals surface area contributed by atoms with Crippen molar-refractivity contribution in [2.75, 3.05) is 24.3 Å². The zero-order chi connectivity index (χ0) is 26.6. The number of hydrogen-bond acceptors (Lipinski definition) is 5. The molecule has 2 aromatic carbocycles. The van der Waals surface area contributed by atoms with Crippen LogP contribution in [0.5, 0.6) is 0 Å². The number of thiocarbonyl (C=S) groups is 1. The Bertz CT molecular complexity index is 1430. The molecule has 1 aliphatic carbocycles. The van der Waals surface area contributed by atoms with E-state index in [2.05, 4.69) is 62.9 Å². The maximum absolute atomic E-state index is 12.6. The smallest absolute Gasteiger partial charge is 0.253 e. The van der Waals surface area contributed by atoms with Crippen LogP contribution in [-0.4, -0.2) is 46.4 Å². The summed E-state index contributed by atoms with van der Waals surface area (Å²) in [6.07, 6.45) is 9.86. The van der Waals surface area contributed by atoms with Gasteiger partial charge in [0.15, 0.2) is 10.9 Å². The van der Waals surface area contributed by atoms with E-state index in [0.29, 0.717) is 29.8 Å². The van der Waals surface area contributed by atoms with Gasteiger partial charge in [0.25, 0.3) is 5.91 Å². The number of halogens is 1. The van der Waals surface area contributed by atoms with Gasteiger partial charge in [-0.1, -0.05) is 60.2 Å². The molecule has 3 aromatic rings. The predicted molar refractivity (Wildman–Crippen MR) is 155 cm³/mol. The summed E-state index contributed by atoms with van der Waals surface area (Å²) in [4.78, 5) is 30.6. The average molecular weight is 549 g/mol. The third kappa shape index (κ3) is 5.58. The van der Waals surface area contributed by atoms with E-state index in [1.54, 1.807) is 11.9 Å². The highest BCUT2D eigenvalue weighted by Gasteiger charge is 2.30. The van der Waals surface area contributed by atoms with Crippen molar-refractivity contribution in [1.29, 1.82) is 0 Å². The molecule has 4 N–H and O–H groups in total. The van der Waals surface area contributed by atoms with Crippen LogP contribution in [0.3, 0.4) is 0 Å². The summed E-state index contributed by atoms with van der Waals surface area (Å²) in [5.74, 6) is 0.138. The first-order chi connectivity index (χ1) is 18.4. The zero-order valence-corrected chi connectivity index (χ0v) is 22.5. The van der Waals surface area contributed by atoms with E-state index >= 15 is 0 Å². The lowest BCUT2D eigenvalue weighted by Crippen LogP contribution is -2.40. The SMILES string of the molecule is CN1CC[C@@H](NC(=O)c2cnc(NNC(=S)Nc3c(C4C=CCCC4)ccc4ccccc34)c(Cl)c2)C1=O. The lowest BCUT2D eigenvalue weighted by Gasteiger charge is -2.23. The molecule has 2 heterocycles. The molecule has 196 valence electrons. The fourth-order valence-electron chi connectivity index (χ4n) is 4.92. The maximum Gasteiger partial charge on any atom is 0.253 e. The predicted octanol–water partition coefficient (Wildman–Crippen LogP) is 4.99. The number of hydrogen-bond donors (Lipinski definition) is 4. The van der Waals surface area contributed by atoms with Gasteiger partial charge in [0.2, 0.25) is 5.91 Å². The molecule has 1 saturated heterocycles. The van der Waals surface area contributed by atoms with Gasteiger partial charge in [0, 0.05) is 31.1 Å². The van der Waals surface area contributed by atoms with Gasteiger partial charge in [0.05, 0.1) is 16.3 Å². The van der Waals surface area contributed by atoms with Gasteiger partial charge >= 0.3 is 0 Å². The summed E-state index contributed by atoms with van der Waals surface area (Å²) in [5, 5.41) is 8.92. The van der Waals surface area contributed by atoms with E-state index < -0.39 is 11.9 Å². The number of carbonyl (C=O) groups excluding carboxylic acids is 2. The Morgan fingerprint density at radius 1 is 1.18 bits per heavy atom. The number of rotatable bonds is 6. The number of carbonyl (C=O) groups is 2. The van der Waals surface area contributed by atoms with Crippen molar-refractivity contribution in [2.45, 2.75) is 37.6 Å². The topological polar surface area (TPSA) is 98.4 Å². The van der Waals surface area contributed by atoms with Crippen LogP contribution in [0.1, 0.15) is 47.5 Å². The second-order valence-corrected chi connectivity index (χ2v) is 10.4. The van der Waals surface area contributed by atoms with Crippen molar-refractivity contribution in [3.05, 3.63) is 77.0 Å². The summed E-state index contributed by atoms with van der Waals surface area (Å²) in [5.41, 5.74) is 8.32. The Balaban J connectivity index is 1.26. The number of aromatic nitrogens is 1. The standard InChI is InChI=1S/C28H29ClN6O2S/c1-35-14-13-23(27(35)37)31-26(36)19-15-22(29)25(30-16-19)33-34-28(38)32-24-20-10-6-5-9-18(20)11-12-21(24)17-7-3-2-4-8-17/h3,5-7,9-12,15-17,23H,2,4,8,13-14H2,1H3,(H,30,33)(H,31,36)(H2,32,34,38)/t17?,23-/m1/s1. The van der Waals surface area contributed by atoms with Gasteiger partial charge < -0.3 is 15.5 Å². The fourth-order valence-corrected chi connectivity index (χ4v) is 5.29. The van der Waals surface area contributed by atoms with Crippen molar-refractivity contribution in [3.8, 4) is 0 Å². The highest BCUT2D eigenvalue weighted by atomic mass is 35.5. The molecule has 0 bridgehead atoms. The quantitative estimate of drug-likeness (QED) is 0.196. The molecule has 2 amide bonds. The van der Waals surface area contributed by atoms with E-state index in [1.165, 1.54) is 17.8 Å². The largest absolute Gasteiger partial charge is 0.344 e. The minimum absolute atomic E-state index is 0.102. The number of likely N-dealkylation sites (tertiary alicyclic amines) is 1. The zero-order valence-electron chi connectivity index (χ0n) is 21.0. The molecule has 1 unspecified atom stereocenters. The third-order valence-corrected chi connectivity index (χ3v) is 7.48. The Morgan fingerprint density at radius 3 is 2.76 bits per heavy atom. The number of pyridine rings is 1. The van der Waals surface area contributed by atoms with Gasteiger partial charge in [-0.3, -0.25) is 20.4 Å². The van der Waals surface area contributed by atoms with E-state index in [4.69, 9.17) is 23.8 Å². The summed E-state index contributed by atoms with van der Waals surface area (Å²) in [6.45, 7) is 0.614. The average Bonchev–Trinajstić information content (AvgIpc) is 3.25. The van der Waals surface area contributed by atoms with Crippen LogP contribution < -0.4 is 21.5 Å². The van der Waals surface area contributed by atoms with Gasteiger partial charge in [-0.15, -0.1) is 0 Å². The van der Waals surface area contributed by atoms with Crippen LogP contribution >= 0.6 is 23.8 Å². The van der Waals surface area contributed by atoms with Crippen molar-refractivity contribution in [3.63, 3.8) is 0 Å². The van der Waals surface area contributed by atoms with E-state index in [-0.39, 0.29) is 16.5 Å². The first kappa shape index (κ1) is 25.9. The number of amides is 2. The molecule has 10 heteroatoms. The van der Waals surface area contributed by atoms with E-state index in [9.17, 15) is 9.59 Å². The molecule has 2 atom stereocenters. The first-order valence-electron chi connectivity index (χ1n) is 12.6. The highest BCUT2D eigenvalue weighted by molar-refractivity contribution is 7.80. The molecule has 0 spiro atoms. The molecule has 0 saturated carbocycles. The maximum atomic E-state index is 12.6. The van der Waals surface area contributed by atoms with Crippen LogP contribution in [0, 0.1) is 0 Å². The lowest BCUT2D eigenvalue weighted by molar-refractivity contribution is -0.128. The van der Waals surface area contributed by atoms with Crippen LogP contribution in [0.2, 0.25) is 5.02 Å². The number of benzene rings is 2. The molecule has 5 rings (SSSR count). The molecule has 1 fully saturated rings. The first-order valence-corrected chi connectivity index (χ1v) is 13.4. The van der Waals surface area contributed by atoms with Gasteiger partial charge in [-0.2, -0.15) is 0 Å². The second-order valence-electron chi connectivity index (χ2n) is 9.55. The van der Waals surface area contributed by atoms with Crippen molar-refractivity contribution >= 4 is 63.0 Å². The van der Waals surface area contributed by atoms with Gasteiger partial charge in [0.1, 0.15) is 6.04 Å². The van der Waals surface area contributed by atoms with Crippen LogP contribution in [-0.2, 0) is 4.79 Å². The van der Waals surface area contributed by atoms with Crippen molar-refractivity contribution in [1.82, 2.24) is 20.6 Å². The van der Waals surface area contributed by atoms with Crippen LogP contribution in [0.4, 0.5) is 11.5 Å². The third-order valence-electron chi connectivity index (χ3n) is 6.98. The minimum atomic E-state index is -0.530. The molecule has 0 radical (unpaired) electrons. The number of fused-ring (bicyclic) bond motifs is 1. The Labute approximate surface area is 231 Å². The number of allylic oxidation sites excluding steroid dienone is 2. The lowest BCUT2D eigenvalue weighted by atomic mass is 9.87. The molecule has 2 aliphatic rings. The van der Waals surface area contributed by atoms with Crippen LogP contribution in [0.25, 0.3) is 10.8 Å². The van der Waals surface area contributed by atoms with Gasteiger partial charge in [-0.05, 0) is 54.9 Å². The second kappa shape index (κ2) is 11.4. The summed E-state index contributed by atoms with van der Waals surface area (Å²) in [6, 6.07) is 13.5. The summed E-state index contributed by atoms with van der Waals surface area (Å²) < 4.78 is 0. The van der Waals surface area contributed by atoms with Crippen molar-refractivity contribution in [2.24, 2.45) is 0 Å². The number of anilines is 2. The highest BCUT2D eigenvalue weighted by Crippen LogP contribution is 2.37. The number of nitrogens with one attached hydrogen (secondary N) is 4. The molecular formula is C28H29ClN6O2S. The summed E-state index contributed by atoms with van der Waals surface area (Å²) >= 11 is 12.0. The Hall–Kier alpha value is -3.69. The molecule has 8 nitrogen and oxygen atoms in total. The van der Waals surface area contributed by atoms with E-state index in [0.717, 1.165) is 35.7 Å². The molecule has 1 aromatic heterocycles. The van der Waals surface area contributed by atoms with Crippen LogP contribution in [0.15, 0.2) is 60.8 Å². The monoisotopic (exact) mass is 548 g/mol. The van der Waals surface area contributed by atoms with E-state index in [1.807, 2.05) is 12.1 Å². The van der Waals surface area contributed by atoms with Crippen molar-refractivity contribution < 1.29 is 9.59 Å². The summed E-state index contributed by atoms with van der Waals surface area (Å²) in [7, 11) is 1.72. The Kier molecular flexibility index (Phi) is 7.76. The minimum Gasteiger partial charge on any atom is -0.344 e.